The molecule has 1 heterocycles. The molecule has 0 aliphatic carbocycles. The van der Waals surface area contributed by atoms with Crippen LogP contribution in [0.2, 0.25) is 0 Å². The lowest BCUT2D eigenvalue weighted by Crippen LogP contribution is -2.28. The van der Waals surface area contributed by atoms with Crippen molar-refractivity contribution in [3.63, 3.8) is 0 Å². The van der Waals surface area contributed by atoms with E-state index in [0.29, 0.717) is 5.69 Å². The van der Waals surface area contributed by atoms with Gasteiger partial charge in [0, 0.05) is 11.9 Å². The molecule has 0 aromatic carbocycles. The van der Waals surface area contributed by atoms with Crippen LogP contribution in [0.25, 0.3) is 0 Å². The number of esters is 1. The van der Waals surface area contributed by atoms with Crippen LogP contribution >= 0.6 is 0 Å². The summed E-state index contributed by atoms with van der Waals surface area (Å²) in [5, 5.41) is 0. The molecule has 0 aliphatic rings. The minimum atomic E-state index is -0.670. The number of hydrogen-bond donors (Lipinski definition) is 2. The van der Waals surface area contributed by atoms with Gasteiger partial charge >= 0.3 is 5.97 Å². The third kappa shape index (κ3) is 3.12. The highest BCUT2D eigenvalue weighted by atomic mass is 16.6. The predicted molar refractivity (Wildman–Crippen MR) is 56.6 cm³/mol. The summed E-state index contributed by atoms with van der Waals surface area (Å²) in [5.74, 6) is -0.670. The van der Waals surface area contributed by atoms with E-state index in [1.54, 1.807) is 20.8 Å². The Hall–Kier alpha value is -1.78. The first-order valence-electron chi connectivity index (χ1n) is 4.51. The second-order valence-corrected chi connectivity index (χ2v) is 4.18. The number of anilines is 1. The third-order valence-corrected chi connectivity index (χ3v) is 1.54. The number of H-pyrrole nitrogens is 1. The fraction of sp³-hybridized carbons (Fsp3) is 0.400. The molecule has 3 N–H and O–H groups in total. The molecule has 5 nitrogen and oxygen atoms in total. The average Bonchev–Trinajstić information content (AvgIpc) is 2.06. The van der Waals surface area contributed by atoms with E-state index in [9.17, 15) is 9.59 Å². The maximum atomic E-state index is 11.5. The second-order valence-electron chi connectivity index (χ2n) is 4.18. The smallest absolute Gasteiger partial charge is 0.344 e. The highest BCUT2D eigenvalue weighted by molar-refractivity contribution is 5.90. The van der Waals surface area contributed by atoms with Crippen molar-refractivity contribution in [2.24, 2.45) is 0 Å². The molecule has 82 valence electrons. The maximum absolute atomic E-state index is 11.5. The van der Waals surface area contributed by atoms with Gasteiger partial charge in [-0.2, -0.15) is 0 Å². The molecule has 15 heavy (non-hydrogen) atoms. The lowest BCUT2D eigenvalue weighted by atomic mass is 10.2. The number of carbonyl (C=O) groups excluding carboxylic acids is 1. The fourth-order valence-corrected chi connectivity index (χ4v) is 0.985. The Morgan fingerprint density at radius 3 is 2.60 bits per heavy atom. The van der Waals surface area contributed by atoms with Crippen LogP contribution in [0.3, 0.4) is 0 Å². The number of aromatic amines is 1. The Morgan fingerprint density at radius 2 is 2.07 bits per heavy atom. The van der Waals surface area contributed by atoms with E-state index in [0.717, 1.165) is 0 Å². The van der Waals surface area contributed by atoms with Crippen LogP contribution in [0.5, 0.6) is 0 Å². The van der Waals surface area contributed by atoms with Gasteiger partial charge in [-0.25, -0.2) is 4.79 Å². The van der Waals surface area contributed by atoms with E-state index in [-0.39, 0.29) is 5.56 Å². The van der Waals surface area contributed by atoms with Gasteiger partial charge in [-0.05, 0) is 26.8 Å². The summed E-state index contributed by atoms with van der Waals surface area (Å²) in [6.07, 6.45) is 1.33. The largest absolute Gasteiger partial charge is 0.456 e. The van der Waals surface area contributed by atoms with Crippen molar-refractivity contribution >= 4 is 11.7 Å². The molecule has 1 rings (SSSR count). The van der Waals surface area contributed by atoms with Crippen LogP contribution in [0, 0.1) is 0 Å². The number of nitrogen functional groups attached to an aromatic ring is 1. The molecule has 0 radical (unpaired) electrons. The van der Waals surface area contributed by atoms with Crippen LogP contribution in [0.4, 0.5) is 5.69 Å². The number of carbonyl (C=O) groups is 1. The Labute approximate surface area is 87.3 Å². The zero-order chi connectivity index (χ0) is 11.6. The summed E-state index contributed by atoms with van der Waals surface area (Å²) in [6, 6.07) is 1.30. The van der Waals surface area contributed by atoms with E-state index in [2.05, 4.69) is 4.98 Å². The van der Waals surface area contributed by atoms with Gasteiger partial charge in [-0.3, -0.25) is 4.79 Å². The van der Waals surface area contributed by atoms with E-state index >= 15 is 0 Å². The summed E-state index contributed by atoms with van der Waals surface area (Å²) >= 11 is 0. The first-order chi connectivity index (χ1) is 6.79. The van der Waals surface area contributed by atoms with Crippen molar-refractivity contribution in [2.75, 3.05) is 5.73 Å². The van der Waals surface area contributed by atoms with E-state index < -0.39 is 17.1 Å². The Morgan fingerprint density at radius 1 is 1.47 bits per heavy atom. The first kappa shape index (κ1) is 11.3. The van der Waals surface area contributed by atoms with Gasteiger partial charge in [-0.1, -0.05) is 0 Å². The van der Waals surface area contributed by atoms with Gasteiger partial charge in [-0.15, -0.1) is 0 Å². The standard InChI is InChI=1S/C10H14N2O3/c1-10(2,3)15-9(14)7-4-6(11)5-12-8(7)13/h4-5H,11H2,1-3H3,(H,12,13). The van der Waals surface area contributed by atoms with Crippen molar-refractivity contribution < 1.29 is 9.53 Å². The highest BCUT2D eigenvalue weighted by Gasteiger charge is 2.20. The summed E-state index contributed by atoms with van der Waals surface area (Å²) < 4.78 is 5.05. The van der Waals surface area contributed by atoms with Gasteiger partial charge in [0.15, 0.2) is 0 Å². The van der Waals surface area contributed by atoms with Gasteiger partial charge < -0.3 is 15.5 Å². The predicted octanol–water partition coefficient (Wildman–Crippen LogP) is 0.912. The number of nitrogens with two attached hydrogens (primary N) is 1. The monoisotopic (exact) mass is 210 g/mol. The van der Waals surface area contributed by atoms with Crippen molar-refractivity contribution in [1.82, 2.24) is 4.98 Å². The Kier molecular flexibility index (Phi) is 2.83. The maximum Gasteiger partial charge on any atom is 0.344 e. The molecule has 1 aromatic rings. The van der Waals surface area contributed by atoms with Crippen LogP contribution in [-0.4, -0.2) is 16.6 Å². The summed E-state index contributed by atoms with van der Waals surface area (Å²) in [4.78, 5) is 25.2. The van der Waals surface area contributed by atoms with E-state index in [4.69, 9.17) is 10.5 Å². The molecule has 0 aliphatic heterocycles. The fourth-order valence-electron chi connectivity index (χ4n) is 0.985. The van der Waals surface area contributed by atoms with Crippen LogP contribution in [0.15, 0.2) is 17.1 Å². The molecule has 0 spiro atoms. The zero-order valence-electron chi connectivity index (χ0n) is 8.96. The van der Waals surface area contributed by atoms with Crippen LogP contribution in [-0.2, 0) is 4.74 Å². The molecule has 0 saturated heterocycles. The third-order valence-electron chi connectivity index (χ3n) is 1.54. The quantitative estimate of drug-likeness (QED) is 0.675. The molecule has 0 bridgehead atoms. The van der Waals surface area contributed by atoms with E-state index in [1.165, 1.54) is 12.3 Å². The number of rotatable bonds is 1. The molecular formula is C10H14N2O3. The Balaban J connectivity index is 3.02. The molecule has 0 fully saturated rings. The zero-order valence-corrected chi connectivity index (χ0v) is 8.96. The van der Waals surface area contributed by atoms with Crippen LogP contribution < -0.4 is 11.3 Å². The SMILES string of the molecule is CC(C)(C)OC(=O)c1cc(N)c[nH]c1=O. The number of ether oxygens (including phenoxy) is 1. The number of pyridine rings is 1. The van der Waals surface area contributed by atoms with Gasteiger partial charge in [0.25, 0.3) is 5.56 Å². The van der Waals surface area contributed by atoms with E-state index in [1.807, 2.05) is 0 Å². The van der Waals surface area contributed by atoms with Gasteiger partial charge in [0.1, 0.15) is 11.2 Å². The molecule has 0 atom stereocenters. The number of hydrogen-bond acceptors (Lipinski definition) is 4. The molecule has 0 unspecified atom stereocenters. The second kappa shape index (κ2) is 3.76. The van der Waals surface area contributed by atoms with Crippen LogP contribution in [0.1, 0.15) is 31.1 Å². The van der Waals surface area contributed by atoms with Gasteiger partial charge in [0.05, 0.1) is 0 Å². The minimum Gasteiger partial charge on any atom is -0.456 e. The lowest BCUT2D eigenvalue weighted by molar-refractivity contribution is 0.00676. The lowest BCUT2D eigenvalue weighted by Gasteiger charge is -2.19. The van der Waals surface area contributed by atoms with Crippen molar-refractivity contribution in [3.8, 4) is 0 Å². The topological polar surface area (TPSA) is 85.2 Å². The number of nitrogens with one attached hydrogen (secondary N) is 1. The first-order valence-corrected chi connectivity index (χ1v) is 4.51. The summed E-state index contributed by atoms with van der Waals surface area (Å²) in [6.45, 7) is 5.18. The average molecular weight is 210 g/mol. The summed E-state index contributed by atoms with van der Waals surface area (Å²) in [5.41, 5.74) is 4.56. The number of aromatic nitrogens is 1. The molecule has 0 saturated carbocycles. The highest BCUT2D eigenvalue weighted by Crippen LogP contribution is 2.10. The molecule has 5 heteroatoms. The van der Waals surface area contributed by atoms with Crippen molar-refractivity contribution in [1.29, 1.82) is 0 Å². The molecule has 1 aromatic heterocycles. The van der Waals surface area contributed by atoms with Gasteiger partial charge in [0.2, 0.25) is 0 Å². The van der Waals surface area contributed by atoms with Crippen molar-refractivity contribution in [2.45, 2.75) is 26.4 Å². The molecule has 0 amide bonds. The van der Waals surface area contributed by atoms with Crippen molar-refractivity contribution in [3.05, 3.63) is 28.2 Å². The normalized spacial score (nSPS) is 11.1. The Bertz CT molecular complexity index is 429. The molecular weight excluding hydrogens is 196 g/mol. The minimum absolute atomic E-state index is 0.0788. The summed E-state index contributed by atoms with van der Waals surface area (Å²) in [7, 11) is 0.